The van der Waals surface area contributed by atoms with Crippen molar-refractivity contribution in [3.8, 4) is 11.6 Å². The molecule has 0 bridgehead atoms. The lowest BCUT2D eigenvalue weighted by Gasteiger charge is -2.29. The third-order valence-electron chi connectivity index (χ3n) is 3.37. The summed E-state index contributed by atoms with van der Waals surface area (Å²) in [5.74, 6) is 1.36. The Bertz CT molecular complexity index is 584. The smallest absolute Gasteiger partial charge is 0.223 e. The van der Waals surface area contributed by atoms with Crippen molar-refractivity contribution in [2.45, 2.75) is 5.03 Å². The van der Waals surface area contributed by atoms with Crippen LogP contribution < -0.4 is 15.0 Å². The van der Waals surface area contributed by atoms with E-state index in [2.05, 4.69) is 32.3 Å². The van der Waals surface area contributed by atoms with Crippen LogP contribution in [0.4, 0.5) is 5.69 Å². The SMILES string of the molecule is CSc1cc(Oc2ccc(N3CCNCC3)cc2)ncn1. The maximum absolute atomic E-state index is 5.77. The molecular weight excluding hydrogens is 284 g/mol. The number of hydrogen-bond donors (Lipinski definition) is 1. The summed E-state index contributed by atoms with van der Waals surface area (Å²) in [6.07, 6.45) is 3.50. The first-order valence-corrected chi connectivity index (χ1v) is 8.17. The normalized spacial score (nSPS) is 15.0. The minimum absolute atomic E-state index is 0.573. The highest BCUT2D eigenvalue weighted by molar-refractivity contribution is 7.98. The zero-order chi connectivity index (χ0) is 14.5. The number of anilines is 1. The van der Waals surface area contributed by atoms with Crippen molar-refractivity contribution in [2.24, 2.45) is 0 Å². The fourth-order valence-electron chi connectivity index (χ4n) is 2.26. The van der Waals surface area contributed by atoms with Crippen molar-refractivity contribution in [3.63, 3.8) is 0 Å². The summed E-state index contributed by atoms with van der Waals surface area (Å²) in [4.78, 5) is 10.6. The summed E-state index contributed by atoms with van der Waals surface area (Å²) in [7, 11) is 0. The topological polar surface area (TPSA) is 50.3 Å². The van der Waals surface area contributed by atoms with Crippen LogP contribution in [-0.4, -0.2) is 42.4 Å². The van der Waals surface area contributed by atoms with Crippen molar-refractivity contribution in [3.05, 3.63) is 36.7 Å². The summed E-state index contributed by atoms with van der Waals surface area (Å²) in [5.41, 5.74) is 1.23. The highest BCUT2D eigenvalue weighted by Gasteiger charge is 2.10. The highest BCUT2D eigenvalue weighted by atomic mass is 32.2. The van der Waals surface area contributed by atoms with E-state index in [1.54, 1.807) is 11.8 Å². The third-order valence-corrected chi connectivity index (χ3v) is 4.01. The predicted octanol–water partition coefficient (Wildman–Crippen LogP) is 2.40. The molecule has 0 spiro atoms. The number of piperazine rings is 1. The summed E-state index contributed by atoms with van der Waals surface area (Å²) in [6, 6.07) is 10.0. The molecule has 110 valence electrons. The number of rotatable bonds is 4. The highest BCUT2D eigenvalue weighted by Crippen LogP contribution is 2.24. The van der Waals surface area contributed by atoms with Crippen LogP contribution in [0, 0.1) is 0 Å². The van der Waals surface area contributed by atoms with E-state index in [0.717, 1.165) is 37.0 Å². The lowest BCUT2D eigenvalue weighted by Crippen LogP contribution is -2.43. The van der Waals surface area contributed by atoms with Crippen molar-refractivity contribution in [2.75, 3.05) is 37.3 Å². The van der Waals surface area contributed by atoms with Crippen LogP contribution >= 0.6 is 11.8 Å². The Hall–Kier alpha value is -1.79. The Labute approximate surface area is 128 Å². The summed E-state index contributed by atoms with van der Waals surface area (Å²) < 4.78 is 5.77. The van der Waals surface area contributed by atoms with E-state index in [-0.39, 0.29) is 0 Å². The van der Waals surface area contributed by atoms with Gasteiger partial charge >= 0.3 is 0 Å². The molecule has 0 aliphatic carbocycles. The molecule has 1 aromatic carbocycles. The molecule has 0 amide bonds. The third kappa shape index (κ3) is 3.65. The molecule has 3 rings (SSSR count). The molecule has 0 saturated carbocycles. The van der Waals surface area contributed by atoms with Gasteiger partial charge in [-0.1, -0.05) is 0 Å². The van der Waals surface area contributed by atoms with Gasteiger partial charge in [-0.2, -0.15) is 0 Å². The number of hydrogen-bond acceptors (Lipinski definition) is 6. The Morgan fingerprint density at radius 3 is 2.62 bits per heavy atom. The van der Waals surface area contributed by atoms with Crippen LogP contribution in [0.2, 0.25) is 0 Å². The van der Waals surface area contributed by atoms with Crippen LogP contribution in [0.15, 0.2) is 41.7 Å². The summed E-state index contributed by atoms with van der Waals surface area (Å²) >= 11 is 1.57. The Kier molecular flexibility index (Phi) is 4.57. The molecule has 6 heteroatoms. The van der Waals surface area contributed by atoms with Gasteiger partial charge < -0.3 is 15.0 Å². The molecule has 5 nitrogen and oxygen atoms in total. The van der Waals surface area contributed by atoms with Gasteiger partial charge in [-0.25, -0.2) is 9.97 Å². The zero-order valence-corrected chi connectivity index (χ0v) is 12.8. The summed E-state index contributed by atoms with van der Waals surface area (Å²) in [5, 5.41) is 4.26. The van der Waals surface area contributed by atoms with E-state index in [4.69, 9.17) is 4.74 Å². The molecule has 0 radical (unpaired) electrons. The molecule has 0 unspecified atom stereocenters. The van der Waals surface area contributed by atoms with Gasteiger partial charge in [0.1, 0.15) is 17.1 Å². The minimum Gasteiger partial charge on any atom is -0.439 e. The fraction of sp³-hybridized carbons (Fsp3) is 0.333. The van der Waals surface area contributed by atoms with Crippen LogP contribution in [0.1, 0.15) is 0 Å². The molecule has 1 saturated heterocycles. The molecule has 1 fully saturated rings. The quantitative estimate of drug-likeness (QED) is 0.691. The van der Waals surface area contributed by atoms with Crippen LogP contribution in [0.5, 0.6) is 11.6 Å². The Balaban J connectivity index is 1.68. The molecule has 2 heterocycles. The van der Waals surface area contributed by atoms with Gasteiger partial charge in [-0.05, 0) is 30.5 Å². The van der Waals surface area contributed by atoms with E-state index in [0.29, 0.717) is 5.88 Å². The maximum atomic E-state index is 5.77. The number of nitrogens with one attached hydrogen (secondary N) is 1. The first-order valence-electron chi connectivity index (χ1n) is 6.95. The van der Waals surface area contributed by atoms with E-state index < -0.39 is 0 Å². The predicted molar refractivity (Wildman–Crippen MR) is 85.4 cm³/mol. The van der Waals surface area contributed by atoms with Crippen molar-refractivity contribution >= 4 is 17.4 Å². The van der Waals surface area contributed by atoms with Gasteiger partial charge in [0.05, 0.1) is 0 Å². The van der Waals surface area contributed by atoms with Crippen LogP contribution in [0.3, 0.4) is 0 Å². The number of benzene rings is 1. The Morgan fingerprint density at radius 1 is 1.14 bits per heavy atom. The Morgan fingerprint density at radius 2 is 1.90 bits per heavy atom. The lowest BCUT2D eigenvalue weighted by atomic mass is 10.2. The second-order valence-electron chi connectivity index (χ2n) is 4.73. The van der Waals surface area contributed by atoms with Gasteiger partial charge in [0.2, 0.25) is 5.88 Å². The van der Waals surface area contributed by atoms with Gasteiger partial charge in [0.25, 0.3) is 0 Å². The molecule has 1 aliphatic heterocycles. The minimum atomic E-state index is 0.573. The average molecular weight is 302 g/mol. The standard InChI is InChI=1S/C15H18N4OS/c1-21-15-10-14(17-11-18-15)20-13-4-2-12(3-5-13)19-8-6-16-7-9-19/h2-5,10-11,16H,6-9H2,1H3. The van der Waals surface area contributed by atoms with E-state index in [9.17, 15) is 0 Å². The molecule has 0 atom stereocenters. The van der Waals surface area contributed by atoms with Crippen molar-refractivity contribution in [1.82, 2.24) is 15.3 Å². The molecule has 1 N–H and O–H groups in total. The van der Waals surface area contributed by atoms with Crippen LogP contribution in [0.25, 0.3) is 0 Å². The zero-order valence-electron chi connectivity index (χ0n) is 12.0. The second kappa shape index (κ2) is 6.78. The molecule has 1 aromatic heterocycles. The van der Waals surface area contributed by atoms with E-state index in [1.807, 2.05) is 24.5 Å². The summed E-state index contributed by atoms with van der Waals surface area (Å²) in [6.45, 7) is 4.17. The molecule has 21 heavy (non-hydrogen) atoms. The molecular formula is C15H18N4OS. The van der Waals surface area contributed by atoms with E-state index >= 15 is 0 Å². The fourth-order valence-corrected chi connectivity index (χ4v) is 2.63. The first kappa shape index (κ1) is 14.2. The number of ether oxygens (including phenoxy) is 1. The molecule has 2 aromatic rings. The van der Waals surface area contributed by atoms with Gasteiger partial charge in [-0.15, -0.1) is 11.8 Å². The van der Waals surface area contributed by atoms with E-state index in [1.165, 1.54) is 12.0 Å². The second-order valence-corrected chi connectivity index (χ2v) is 5.56. The number of thioether (sulfide) groups is 1. The molecule has 1 aliphatic rings. The number of nitrogens with zero attached hydrogens (tertiary/aromatic N) is 3. The van der Waals surface area contributed by atoms with Crippen molar-refractivity contribution < 1.29 is 4.74 Å². The average Bonchev–Trinajstić information content (AvgIpc) is 2.56. The van der Waals surface area contributed by atoms with Gasteiger partial charge in [0, 0.05) is 37.9 Å². The van der Waals surface area contributed by atoms with Gasteiger partial charge in [0.15, 0.2) is 0 Å². The lowest BCUT2D eigenvalue weighted by molar-refractivity contribution is 0.459. The number of aromatic nitrogens is 2. The van der Waals surface area contributed by atoms with Gasteiger partial charge in [-0.3, -0.25) is 0 Å². The largest absolute Gasteiger partial charge is 0.439 e. The maximum Gasteiger partial charge on any atom is 0.223 e. The van der Waals surface area contributed by atoms with Crippen molar-refractivity contribution in [1.29, 1.82) is 0 Å². The van der Waals surface area contributed by atoms with Crippen LogP contribution in [-0.2, 0) is 0 Å². The monoisotopic (exact) mass is 302 g/mol. The first-order chi connectivity index (χ1) is 10.3.